The Bertz CT molecular complexity index is 689. The van der Waals surface area contributed by atoms with Gasteiger partial charge in [0.2, 0.25) is 11.1 Å². The third kappa shape index (κ3) is 3.64. The number of nitrogens with two attached hydrogens (primary N) is 2. The molecule has 0 atom stereocenters. The number of nitrogen functional groups attached to an aromatic ring is 1. The number of urea groups is 1. The fraction of sp³-hybridized carbons (Fsp3) is 0.0909. The Morgan fingerprint density at radius 2 is 2.05 bits per heavy atom. The van der Waals surface area contributed by atoms with Crippen molar-refractivity contribution in [1.29, 1.82) is 0 Å². The van der Waals surface area contributed by atoms with E-state index in [0.717, 1.165) is 11.8 Å². The van der Waals surface area contributed by atoms with Gasteiger partial charge in [0.1, 0.15) is 0 Å². The highest BCUT2D eigenvalue weighted by molar-refractivity contribution is 7.99. The van der Waals surface area contributed by atoms with E-state index in [1.807, 2.05) is 5.32 Å². The van der Waals surface area contributed by atoms with Gasteiger partial charge in [-0.05, 0) is 12.1 Å². The van der Waals surface area contributed by atoms with Crippen LogP contribution in [0.4, 0.5) is 4.79 Å². The van der Waals surface area contributed by atoms with Crippen LogP contribution >= 0.6 is 23.4 Å². The first kappa shape index (κ1) is 15.1. The number of amides is 3. The number of primary amides is 1. The van der Waals surface area contributed by atoms with Crippen molar-refractivity contribution >= 4 is 35.3 Å². The molecule has 3 amide bonds. The fourth-order valence-electron chi connectivity index (χ4n) is 1.51. The second-order valence-electron chi connectivity index (χ2n) is 3.86. The van der Waals surface area contributed by atoms with Gasteiger partial charge in [0, 0.05) is 5.56 Å². The highest BCUT2D eigenvalue weighted by Crippen LogP contribution is 2.27. The van der Waals surface area contributed by atoms with Crippen LogP contribution in [0.25, 0.3) is 11.4 Å². The van der Waals surface area contributed by atoms with Gasteiger partial charge in [-0.25, -0.2) is 9.47 Å². The van der Waals surface area contributed by atoms with Crippen LogP contribution in [0.3, 0.4) is 0 Å². The second kappa shape index (κ2) is 6.46. The fourth-order valence-corrected chi connectivity index (χ4v) is 2.38. The number of halogens is 1. The summed E-state index contributed by atoms with van der Waals surface area (Å²) in [6.45, 7) is 0. The molecule has 5 N–H and O–H groups in total. The number of carbonyl (C=O) groups is 2. The van der Waals surface area contributed by atoms with E-state index in [9.17, 15) is 9.59 Å². The van der Waals surface area contributed by atoms with Crippen LogP contribution in [0.15, 0.2) is 29.4 Å². The Morgan fingerprint density at radius 1 is 1.33 bits per heavy atom. The molecule has 0 bridgehead atoms. The molecule has 0 aliphatic rings. The molecule has 0 saturated carbocycles. The molecule has 0 radical (unpaired) electrons. The minimum atomic E-state index is -0.911. The summed E-state index contributed by atoms with van der Waals surface area (Å²) in [6.07, 6.45) is 0. The van der Waals surface area contributed by atoms with Crippen LogP contribution in [0.5, 0.6) is 0 Å². The number of benzene rings is 1. The minimum Gasteiger partial charge on any atom is -0.351 e. The Hall–Kier alpha value is -2.26. The van der Waals surface area contributed by atoms with Crippen molar-refractivity contribution in [1.82, 2.24) is 20.2 Å². The van der Waals surface area contributed by atoms with Crippen molar-refractivity contribution in [3.05, 3.63) is 29.3 Å². The number of nitrogens with one attached hydrogen (secondary N) is 1. The molecule has 110 valence electrons. The monoisotopic (exact) mass is 326 g/mol. The Labute approximate surface area is 128 Å². The summed E-state index contributed by atoms with van der Waals surface area (Å²) >= 11 is 7.09. The van der Waals surface area contributed by atoms with Gasteiger partial charge in [-0.2, -0.15) is 0 Å². The molecule has 1 aromatic carbocycles. The van der Waals surface area contributed by atoms with Gasteiger partial charge in [-0.1, -0.05) is 35.5 Å². The number of hydrogen-bond donors (Lipinski definition) is 3. The van der Waals surface area contributed by atoms with Gasteiger partial charge in [-0.15, -0.1) is 10.2 Å². The van der Waals surface area contributed by atoms with E-state index in [-0.39, 0.29) is 5.75 Å². The van der Waals surface area contributed by atoms with Gasteiger partial charge in [0.25, 0.3) is 0 Å². The van der Waals surface area contributed by atoms with E-state index in [2.05, 4.69) is 10.2 Å². The predicted octanol–water partition coefficient (Wildman–Crippen LogP) is 0.599. The van der Waals surface area contributed by atoms with Crippen LogP contribution in [0, 0.1) is 0 Å². The maximum absolute atomic E-state index is 11.3. The molecule has 2 aromatic rings. The summed E-state index contributed by atoms with van der Waals surface area (Å²) in [4.78, 5) is 21.8. The highest BCUT2D eigenvalue weighted by atomic mass is 35.5. The lowest BCUT2D eigenvalue weighted by Crippen LogP contribution is -2.36. The average Bonchev–Trinajstić information content (AvgIpc) is 2.77. The van der Waals surface area contributed by atoms with E-state index in [0.29, 0.717) is 21.6 Å². The molecule has 0 spiro atoms. The van der Waals surface area contributed by atoms with Crippen molar-refractivity contribution in [2.45, 2.75) is 5.16 Å². The van der Waals surface area contributed by atoms with E-state index in [1.54, 1.807) is 24.3 Å². The largest absolute Gasteiger partial charge is 0.351 e. The lowest BCUT2D eigenvalue weighted by atomic mass is 10.2. The number of rotatable bonds is 4. The Kier molecular flexibility index (Phi) is 4.66. The number of aromatic nitrogens is 3. The SMILES string of the molecule is NC(=O)NC(=O)CSc1nnc(-c2ccccc2Cl)n1N. The molecule has 1 heterocycles. The van der Waals surface area contributed by atoms with Crippen LogP contribution in [-0.4, -0.2) is 32.6 Å². The smallest absolute Gasteiger partial charge is 0.318 e. The molecular weight excluding hydrogens is 316 g/mol. The van der Waals surface area contributed by atoms with Gasteiger partial charge < -0.3 is 11.6 Å². The third-order valence-corrected chi connectivity index (χ3v) is 3.65. The molecule has 21 heavy (non-hydrogen) atoms. The molecule has 0 aliphatic heterocycles. The minimum absolute atomic E-state index is 0.0687. The maximum Gasteiger partial charge on any atom is 0.318 e. The molecule has 10 heteroatoms. The van der Waals surface area contributed by atoms with E-state index in [1.165, 1.54) is 4.68 Å². The maximum atomic E-state index is 11.3. The zero-order valence-electron chi connectivity index (χ0n) is 10.6. The summed E-state index contributed by atoms with van der Waals surface area (Å²) in [7, 11) is 0. The van der Waals surface area contributed by atoms with Crippen molar-refractivity contribution in [3.63, 3.8) is 0 Å². The average molecular weight is 327 g/mol. The number of thioether (sulfide) groups is 1. The Balaban J connectivity index is 2.13. The van der Waals surface area contributed by atoms with Crippen LogP contribution in [-0.2, 0) is 4.79 Å². The van der Waals surface area contributed by atoms with Crippen molar-refractivity contribution in [2.24, 2.45) is 5.73 Å². The number of hydrogen-bond acceptors (Lipinski definition) is 6. The number of carbonyl (C=O) groups excluding carboxylic acids is 2. The number of imide groups is 1. The number of nitrogens with zero attached hydrogens (tertiary/aromatic N) is 3. The lowest BCUT2D eigenvalue weighted by Gasteiger charge is -2.04. The summed E-state index contributed by atoms with van der Waals surface area (Å²) in [5, 5.41) is 10.6. The standard InChI is InChI=1S/C11H11ClN6O2S/c12-7-4-2-1-3-6(7)9-16-17-11(18(9)14)21-5-8(19)15-10(13)20/h1-4H,5,14H2,(H3,13,15,19,20). The van der Waals surface area contributed by atoms with Crippen molar-refractivity contribution < 1.29 is 9.59 Å². The topological polar surface area (TPSA) is 129 Å². The molecule has 1 aromatic heterocycles. The molecule has 0 unspecified atom stereocenters. The Morgan fingerprint density at radius 3 is 2.71 bits per heavy atom. The molecule has 0 saturated heterocycles. The predicted molar refractivity (Wildman–Crippen MR) is 79.1 cm³/mol. The van der Waals surface area contributed by atoms with E-state index < -0.39 is 11.9 Å². The van der Waals surface area contributed by atoms with Crippen molar-refractivity contribution in [2.75, 3.05) is 11.6 Å². The highest BCUT2D eigenvalue weighted by Gasteiger charge is 2.15. The third-order valence-electron chi connectivity index (χ3n) is 2.37. The van der Waals surface area contributed by atoms with Crippen LogP contribution in [0.1, 0.15) is 0 Å². The summed E-state index contributed by atoms with van der Waals surface area (Å²) in [6, 6.07) is 6.13. The lowest BCUT2D eigenvalue weighted by molar-refractivity contribution is -0.117. The van der Waals surface area contributed by atoms with E-state index in [4.69, 9.17) is 23.2 Å². The molecular formula is C11H11ClN6O2S. The first-order valence-electron chi connectivity index (χ1n) is 5.66. The second-order valence-corrected chi connectivity index (χ2v) is 5.21. The van der Waals surface area contributed by atoms with E-state index >= 15 is 0 Å². The van der Waals surface area contributed by atoms with Crippen molar-refractivity contribution in [3.8, 4) is 11.4 Å². The van der Waals surface area contributed by atoms with Gasteiger partial charge in [0.05, 0.1) is 10.8 Å². The van der Waals surface area contributed by atoms with Crippen LogP contribution in [0.2, 0.25) is 5.02 Å². The molecule has 2 rings (SSSR count). The van der Waals surface area contributed by atoms with Gasteiger partial charge in [-0.3, -0.25) is 10.1 Å². The normalized spacial score (nSPS) is 10.3. The first-order valence-corrected chi connectivity index (χ1v) is 7.03. The summed E-state index contributed by atoms with van der Waals surface area (Å²) < 4.78 is 1.23. The summed E-state index contributed by atoms with van der Waals surface area (Å²) in [5.74, 6) is 5.64. The molecule has 0 fully saturated rings. The van der Waals surface area contributed by atoms with Gasteiger partial charge in [0.15, 0.2) is 5.82 Å². The quantitative estimate of drug-likeness (QED) is 0.557. The van der Waals surface area contributed by atoms with Crippen LogP contribution < -0.4 is 16.9 Å². The zero-order chi connectivity index (χ0) is 15.4. The first-order chi connectivity index (χ1) is 9.99. The van der Waals surface area contributed by atoms with Gasteiger partial charge >= 0.3 is 6.03 Å². The molecule has 8 nitrogen and oxygen atoms in total. The zero-order valence-corrected chi connectivity index (χ0v) is 12.2. The summed E-state index contributed by atoms with van der Waals surface area (Å²) in [5.41, 5.74) is 5.46. The molecule has 0 aliphatic carbocycles.